The predicted octanol–water partition coefficient (Wildman–Crippen LogP) is 2.56. The number of carbonyl (C=O) groups excluding carboxylic acids is 1. The monoisotopic (exact) mass is 282 g/mol. The molecule has 1 unspecified atom stereocenters. The molecule has 0 saturated heterocycles. The van der Waals surface area contributed by atoms with Crippen LogP contribution in [0.25, 0.3) is 0 Å². The van der Waals surface area contributed by atoms with E-state index in [1.165, 1.54) is 12.8 Å². The average molecular weight is 283 g/mol. The Morgan fingerprint density at radius 3 is 2.81 bits per heavy atom. The van der Waals surface area contributed by atoms with E-state index in [1.54, 1.807) is 18.2 Å². The minimum Gasteiger partial charge on any atom is -0.398 e. The van der Waals surface area contributed by atoms with Gasteiger partial charge in [-0.2, -0.15) is 0 Å². The van der Waals surface area contributed by atoms with Gasteiger partial charge in [0.2, 0.25) is 0 Å². The number of hydrogen-bond donors (Lipinski definition) is 2. The maximum atomic E-state index is 11.9. The number of benzene rings is 1. The fourth-order valence-electron chi connectivity index (χ4n) is 1.67. The molecule has 1 fully saturated rings. The second-order valence-corrected chi connectivity index (χ2v) is 5.19. The molecular weight excluding hydrogens is 268 g/mol. The number of nitrogens with one attached hydrogen (secondary N) is 1. The second-order valence-electron chi connectivity index (χ2n) is 4.34. The number of anilines is 1. The molecule has 1 aromatic carbocycles. The van der Waals surface area contributed by atoms with Crippen molar-refractivity contribution in [1.29, 1.82) is 0 Å². The molecule has 3 nitrogen and oxygen atoms in total. The molecule has 3 N–H and O–H groups in total. The van der Waals surface area contributed by atoms with Crippen molar-refractivity contribution in [2.24, 2.45) is 5.92 Å². The standard InChI is InChI=1S/C12H15BrN2O/c1-7(8-2-3-8)15-12(16)9-4-5-11(14)10(13)6-9/h4-8H,2-3,14H2,1H3,(H,15,16). The van der Waals surface area contributed by atoms with Crippen LogP contribution in [0.15, 0.2) is 22.7 Å². The Hall–Kier alpha value is -1.03. The van der Waals surface area contributed by atoms with Crippen molar-refractivity contribution in [3.8, 4) is 0 Å². The van der Waals surface area contributed by atoms with Gasteiger partial charge >= 0.3 is 0 Å². The number of halogens is 1. The molecule has 1 atom stereocenters. The summed E-state index contributed by atoms with van der Waals surface area (Å²) in [5, 5.41) is 3.00. The Bertz CT molecular complexity index is 415. The fourth-order valence-corrected chi connectivity index (χ4v) is 2.05. The van der Waals surface area contributed by atoms with E-state index >= 15 is 0 Å². The number of nitrogens with two attached hydrogens (primary N) is 1. The van der Waals surface area contributed by atoms with E-state index < -0.39 is 0 Å². The minimum atomic E-state index is -0.0277. The van der Waals surface area contributed by atoms with Gasteiger partial charge in [0.15, 0.2) is 0 Å². The van der Waals surface area contributed by atoms with E-state index in [-0.39, 0.29) is 11.9 Å². The molecule has 0 aliphatic heterocycles. The van der Waals surface area contributed by atoms with Gasteiger partial charge in [0, 0.05) is 21.8 Å². The maximum absolute atomic E-state index is 11.9. The lowest BCUT2D eigenvalue weighted by atomic mass is 10.1. The summed E-state index contributed by atoms with van der Waals surface area (Å²) in [6, 6.07) is 5.50. The first-order valence-corrected chi connectivity index (χ1v) is 6.23. The Kier molecular flexibility index (Phi) is 3.19. The topological polar surface area (TPSA) is 55.1 Å². The van der Waals surface area contributed by atoms with E-state index in [2.05, 4.69) is 28.2 Å². The van der Waals surface area contributed by atoms with E-state index in [4.69, 9.17) is 5.73 Å². The highest BCUT2D eigenvalue weighted by atomic mass is 79.9. The zero-order valence-corrected chi connectivity index (χ0v) is 10.8. The number of rotatable bonds is 3. The summed E-state index contributed by atoms with van der Waals surface area (Å²) >= 11 is 3.32. The fraction of sp³-hybridized carbons (Fsp3) is 0.417. The lowest BCUT2D eigenvalue weighted by molar-refractivity contribution is 0.0936. The molecule has 1 amide bonds. The van der Waals surface area contributed by atoms with Crippen LogP contribution in [0.4, 0.5) is 5.69 Å². The van der Waals surface area contributed by atoms with E-state index in [0.29, 0.717) is 17.2 Å². The number of hydrogen-bond acceptors (Lipinski definition) is 2. The van der Waals surface area contributed by atoms with E-state index in [0.717, 1.165) is 4.47 Å². The van der Waals surface area contributed by atoms with Crippen molar-refractivity contribution in [1.82, 2.24) is 5.32 Å². The molecule has 0 aromatic heterocycles. The third-order valence-electron chi connectivity index (χ3n) is 2.95. The van der Waals surface area contributed by atoms with Crippen LogP contribution in [-0.4, -0.2) is 11.9 Å². The molecule has 4 heteroatoms. The molecule has 0 spiro atoms. The predicted molar refractivity (Wildman–Crippen MR) is 68.2 cm³/mol. The summed E-state index contributed by atoms with van der Waals surface area (Å²) in [5.74, 6) is 0.640. The van der Waals surface area contributed by atoms with Crippen LogP contribution in [-0.2, 0) is 0 Å². The molecule has 0 heterocycles. The molecular formula is C12H15BrN2O. The van der Waals surface area contributed by atoms with Crippen molar-refractivity contribution < 1.29 is 4.79 Å². The van der Waals surface area contributed by atoms with Crippen molar-refractivity contribution in [3.63, 3.8) is 0 Å². The Balaban J connectivity index is 2.05. The third kappa shape index (κ3) is 2.55. The van der Waals surface area contributed by atoms with Gasteiger partial charge in [0.25, 0.3) is 5.91 Å². The van der Waals surface area contributed by atoms with Crippen LogP contribution >= 0.6 is 15.9 Å². The van der Waals surface area contributed by atoms with Crippen LogP contribution in [0.2, 0.25) is 0 Å². The summed E-state index contributed by atoms with van der Waals surface area (Å²) in [5.41, 5.74) is 6.96. The van der Waals surface area contributed by atoms with Gasteiger partial charge in [-0.3, -0.25) is 4.79 Å². The Morgan fingerprint density at radius 1 is 1.56 bits per heavy atom. The van der Waals surface area contributed by atoms with Crippen molar-refractivity contribution in [2.45, 2.75) is 25.8 Å². The first-order chi connectivity index (χ1) is 7.58. The van der Waals surface area contributed by atoms with Crippen LogP contribution in [0, 0.1) is 5.92 Å². The van der Waals surface area contributed by atoms with Gasteiger partial charge in [0.1, 0.15) is 0 Å². The highest BCUT2D eigenvalue weighted by molar-refractivity contribution is 9.10. The molecule has 16 heavy (non-hydrogen) atoms. The lowest BCUT2D eigenvalue weighted by Crippen LogP contribution is -2.33. The van der Waals surface area contributed by atoms with Crippen LogP contribution in [0.5, 0.6) is 0 Å². The van der Waals surface area contributed by atoms with Gasteiger partial charge in [-0.1, -0.05) is 0 Å². The molecule has 2 rings (SSSR count). The third-order valence-corrected chi connectivity index (χ3v) is 3.64. The first-order valence-electron chi connectivity index (χ1n) is 5.44. The van der Waals surface area contributed by atoms with Gasteiger partial charge in [-0.15, -0.1) is 0 Å². The van der Waals surface area contributed by atoms with E-state index in [1.807, 2.05) is 0 Å². The number of carbonyl (C=O) groups is 1. The normalized spacial score (nSPS) is 16.9. The summed E-state index contributed by atoms with van der Waals surface area (Å²) in [7, 11) is 0. The van der Waals surface area contributed by atoms with Gasteiger partial charge < -0.3 is 11.1 Å². The highest BCUT2D eigenvalue weighted by Gasteiger charge is 2.29. The zero-order valence-electron chi connectivity index (χ0n) is 9.16. The van der Waals surface area contributed by atoms with Crippen molar-refractivity contribution in [2.75, 3.05) is 5.73 Å². The molecule has 1 aliphatic carbocycles. The summed E-state index contributed by atoms with van der Waals surface area (Å²) < 4.78 is 0.763. The lowest BCUT2D eigenvalue weighted by Gasteiger charge is -2.13. The van der Waals surface area contributed by atoms with Crippen LogP contribution in [0.3, 0.4) is 0 Å². The Labute approximate surface area is 104 Å². The molecule has 1 aliphatic rings. The van der Waals surface area contributed by atoms with Crippen LogP contribution < -0.4 is 11.1 Å². The van der Waals surface area contributed by atoms with E-state index in [9.17, 15) is 4.79 Å². The van der Waals surface area contributed by atoms with Gasteiger partial charge in [-0.25, -0.2) is 0 Å². The smallest absolute Gasteiger partial charge is 0.251 e. The number of amides is 1. The maximum Gasteiger partial charge on any atom is 0.251 e. The quantitative estimate of drug-likeness (QED) is 0.838. The summed E-state index contributed by atoms with van der Waals surface area (Å²) in [6.45, 7) is 2.06. The zero-order chi connectivity index (χ0) is 11.7. The molecule has 86 valence electrons. The van der Waals surface area contributed by atoms with Crippen molar-refractivity contribution >= 4 is 27.5 Å². The summed E-state index contributed by atoms with van der Waals surface area (Å²) in [6.07, 6.45) is 2.46. The minimum absolute atomic E-state index is 0.0277. The summed E-state index contributed by atoms with van der Waals surface area (Å²) in [4.78, 5) is 11.9. The Morgan fingerprint density at radius 2 is 2.25 bits per heavy atom. The largest absolute Gasteiger partial charge is 0.398 e. The van der Waals surface area contributed by atoms with Gasteiger partial charge in [-0.05, 0) is 59.8 Å². The highest BCUT2D eigenvalue weighted by Crippen LogP contribution is 2.32. The average Bonchev–Trinajstić information content (AvgIpc) is 3.05. The first kappa shape index (κ1) is 11.5. The second kappa shape index (κ2) is 4.45. The molecule has 0 bridgehead atoms. The van der Waals surface area contributed by atoms with Crippen molar-refractivity contribution in [3.05, 3.63) is 28.2 Å². The SMILES string of the molecule is CC(NC(=O)c1ccc(N)c(Br)c1)C1CC1. The molecule has 1 saturated carbocycles. The number of nitrogen functional groups attached to an aromatic ring is 1. The molecule has 0 radical (unpaired) electrons. The van der Waals surface area contributed by atoms with Crippen LogP contribution in [0.1, 0.15) is 30.1 Å². The molecule has 1 aromatic rings. The van der Waals surface area contributed by atoms with Gasteiger partial charge in [0.05, 0.1) is 0 Å².